The summed E-state index contributed by atoms with van der Waals surface area (Å²) in [5.41, 5.74) is 2.01. The topological polar surface area (TPSA) is 94.6 Å². The molecule has 1 aliphatic rings. The van der Waals surface area contributed by atoms with E-state index in [4.69, 9.17) is 14.2 Å². The van der Waals surface area contributed by atoms with Crippen LogP contribution in [-0.2, 0) is 6.54 Å². The Hall–Kier alpha value is -3.81. The van der Waals surface area contributed by atoms with Crippen molar-refractivity contribution in [2.24, 2.45) is 0 Å². The lowest BCUT2D eigenvalue weighted by Gasteiger charge is -2.09. The number of carbonyl (C=O) groups is 1. The number of hydrogen-bond donors (Lipinski definition) is 2. The average molecular weight is 392 g/mol. The average Bonchev–Trinajstić information content (AvgIpc) is 3.22. The largest absolute Gasteiger partial charge is 0.494 e. The van der Waals surface area contributed by atoms with E-state index in [0.717, 1.165) is 17.0 Å². The summed E-state index contributed by atoms with van der Waals surface area (Å²) in [4.78, 5) is 20.7. The molecule has 8 heteroatoms. The molecule has 0 atom stereocenters. The molecule has 2 heterocycles. The molecule has 148 valence electrons. The van der Waals surface area contributed by atoms with Crippen LogP contribution in [0, 0.1) is 0 Å². The molecule has 8 nitrogen and oxygen atoms in total. The first-order valence-electron chi connectivity index (χ1n) is 9.20. The molecule has 0 unspecified atom stereocenters. The minimum absolute atomic E-state index is 0.218. The van der Waals surface area contributed by atoms with Crippen LogP contribution in [0.4, 0.5) is 11.5 Å². The van der Waals surface area contributed by atoms with Crippen molar-refractivity contribution in [3.8, 4) is 17.2 Å². The Kier molecular flexibility index (Phi) is 5.42. The van der Waals surface area contributed by atoms with E-state index < -0.39 is 0 Å². The van der Waals surface area contributed by atoms with Gasteiger partial charge in [-0.3, -0.25) is 4.79 Å². The molecule has 2 aromatic carbocycles. The summed E-state index contributed by atoms with van der Waals surface area (Å²) in [6, 6.07) is 14.7. The van der Waals surface area contributed by atoms with Gasteiger partial charge in [-0.05, 0) is 48.9 Å². The highest BCUT2D eigenvalue weighted by Gasteiger charge is 2.14. The summed E-state index contributed by atoms with van der Waals surface area (Å²) in [5, 5.41) is 6.00. The van der Waals surface area contributed by atoms with Gasteiger partial charge in [0.1, 0.15) is 23.6 Å². The number of fused-ring (bicyclic) bond motifs is 1. The standard InChI is InChI=1S/C21H20N4O4/c1-2-27-16-6-4-15(5-7-16)25-20-10-17(23-12-24-20)21(26)22-11-14-3-8-18-19(9-14)29-13-28-18/h3-10,12H,2,11,13H2,1H3,(H,22,26)(H,23,24,25). The van der Waals surface area contributed by atoms with Crippen molar-refractivity contribution in [1.82, 2.24) is 15.3 Å². The fourth-order valence-electron chi connectivity index (χ4n) is 2.82. The van der Waals surface area contributed by atoms with E-state index in [9.17, 15) is 4.79 Å². The summed E-state index contributed by atoms with van der Waals surface area (Å²) < 4.78 is 16.1. The van der Waals surface area contributed by atoms with Gasteiger partial charge in [0.05, 0.1) is 6.61 Å². The summed E-state index contributed by atoms with van der Waals surface area (Å²) in [6.07, 6.45) is 1.35. The second kappa shape index (κ2) is 8.47. The van der Waals surface area contributed by atoms with Gasteiger partial charge >= 0.3 is 0 Å². The van der Waals surface area contributed by atoms with E-state index in [0.29, 0.717) is 30.5 Å². The second-order valence-corrected chi connectivity index (χ2v) is 6.24. The van der Waals surface area contributed by atoms with Crippen LogP contribution in [0.15, 0.2) is 54.9 Å². The monoisotopic (exact) mass is 392 g/mol. The highest BCUT2D eigenvalue weighted by molar-refractivity contribution is 5.92. The highest BCUT2D eigenvalue weighted by Crippen LogP contribution is 2.32. The Balaban J connectivity index is 1.38. The van der Waals surface area contributed by atoms with E-state index in [2.05, 4.69) is 20.6 Å². The summed E-state index contributed by atoms with van der Waals surface area (Å²) >= 11 is 0. The maximum Gasteiger partial charge on any atom is 0.270 e. The Morgan fingerprint density at radius 1 is 1.07 bits per heavy atom. The molecule has 0 fully saturated rings. The molecular formula is C21H20N4O4. The summed E-state index contributed by atoms with van der Waals surface area (Å²) in [7, 11) is 0. The fourth-order valence-corrected chi connectivity index (χ4v) is 2.82. The van der Waals surface area contributed by atoms with Crippen molar-refractivity contribution >= 4 is 17.4 Å². The minimum Gasteiger partial charge on any atom is -0.494 e. The zero-order valence-electron chi connectivity index (χ0n) is 15.8. The van der Waals surface area contributed by atoms with Gasteiger partial charge in [0.2, 0.25) is 6.79 Å². The Bertz CT molecular complexity index is 1010. The number of nitrogens with zero attached hydrogens (tertiary/aromatic N) is 2. The van der Waals surface area contributed by atoms with Crippen LogP contribution in [0.25, 0.3) is 0 Å². The molecule has 0 bridgehead atoms. The van der Waals surface area contributed by atoms with Crippen LogP contribution < -0.4 is 24.8 Å². The molecule has 0 saturated carbocycles. The van der Waals surface area contributed by atoms with E-state index >= 15 is 0 Å². The number of amides is 1. The van der Waals surface area contributed by atoms with E-state index in [1.165, 1.54) is 6.33 Å². The van der Waals surface area contributed by atoms with Gasteiger partial charge in [0.25, 0.3) is 5.91 Å². The maximum atomic E-state index is 12.5. The van der Waals surface area contributed by atoms with Gasteiger partial charge in [0, 0.05) is 18.3 Å². The fraction of sp³-hybridized carbons (Fsp3) is 0.190. The predicted octanol–water partition coefficient (Wildman–Crippen LogP) is 3.28. The second-order valence-electron chi connectivity index (χ2n) is 6.24. The van der Waals surface area contributed by atoms with Crippen LogP contribution in [0.5, 0.6) is 17.2 Å². The predicted molar refractivity (Wildman–Crippen MR) is 107 cm³/mol. The molecule has 0 radical (unpaired) electrons. The van der Waals surface area contributed by atoms with Crippen molar-refractivity contribution in [1.29, 1.82) is 0 Å². The van der Waals surface area contributed by atoms with Crippen LogP contribution >= 0.6 is 0 Å². The Morgan fingerprint density at radius 3 is 2.72 bits per heavy atom. The molecule has 0 spiro atoms. The van der Waals surface area contributed by atoms with Gasteiger partial charge in [-0.25, -0.2) is 9.97 Å². The third-order valence-electron chi connectivity index (χ3n) is 4.23. The number of anilines is 2. The number of rotatable bonds is 7. The number of nitrogens with one attached hydrogen (secondary N) is 2. The molecule has 0 saturated heterocycles. The molecule has 2 N–H and O–H groups in total. The highest BCUT2D eigenvalue weighted by atomic mass is 16.7. The van der Waals surface area contributed by atoms with Crippen molar-refractivity contribution in [3.63, 3.8) is 0 Å². The van der Waals surface area contributed by atoms with E-state index in [-0.39, 0.29) is 18.4 Å². The molecule has 3 aromatic rings. The lowest BCUT2D eigenvalue weighted by Crippen LogP contribution is -2.24. The first kappa shape index (κ1) is 18.5. The lowest BCUT2D eigenvalue weighted by atomic mass is 10.2. The number of benzene rings is 2. The third kappa shape index (κ3) is 4.55. The molecule has 4 rings (SSSR count). The minimum atomic E-state index is -0.292. The normalized spacial score (nSPS) is 11.8. The zero-order valence-corrected chi connectivity index (χ0v) is 15.8. The summed E-state index contributed by atoms with van der Waals surface area (Å²) in [6.45, 7) is 3.12. The van der Waals surface area contributed by atoms with Crippen LogP contribution in [0.1, 0.15) is 23.0 Å². The number of carbonyl (C=O) groups excluding carboxylic acids is 1. The summed E-state index contributed by atoms with van der Waals surface area (Å²) in [5.74, 6) is 2.42. The quantitative estimate of drug-likeness (QED) is 0.637. The third-order valence-corrected chi connectivity index (χ3v) is 4.23. The van der Waals surface area contributed by atoms with Crippen molar-refractivity contribution in [2.75, 3.05) is 18.7 Å². The maximum absolute atomic E-state index is 12.5. The Labute approximate surface area is 167 Å². The van der Waals surface area contributed by atoms with Gasteiger partial charge < -0.3 is 24.8 Å². The number of ether oxygens (including phenoxy) is 3. The Morgan fingerprint density at radius 2 is 1.90 bits per heavy atom. The van der Waals surface area contributed by atoms with E-state index in [1.54, 1.807) is 6.07 Å². The van der Waals surface area contributed by atoms with E-state index in [1.807, 2.05) is 49.4 Å². The van der Waals surface area contributed by atoms with Crippen LogP contribution in [0.2, 0.25) is 0 Å². The first-order valence-corrected chi connectivity index (χ1v) is 9.20. The molecular weight excluding hydrogens is 372 g/mol. The number of hydrogen-bond acceptors (Lipinski definition) is 7. The van der Waals surface area contributed by atoms with Crippen LogP contribution in [-0.4, -0.2) is 29.3 Å². The van der Waals surface area contributed by atoms with Gasteiger partial charge in [-0.15, -0.1) is 0 Å². The van der Waals surface area contributed by atoms with Crippen molar-refractivity contribution < 1.29 is 19.0 Å². The number of aromatic nitrogens is 2. The van der Waals surface area contributed by atoms with Crippen molar-refractivity contribution in [3.05, 3.63) is 66.1 Å². The zero-order chi connectivity index (χ0) is 20.1. The van der Waals surface area contributed by atoms with Crippen molar-refractivity contribution in [2.45, 2.75) is 13.5 Å². The SMILES string of the molecule is CCOc1ccc(Nc2cc(C(=O)NCc3ccc4c(c3)OCO4)ncn2)cc1. The van der Waals surface area contributed by atoms with Gasteiger partial charge in [-0.2, -0.15) is 0 Å². The van der Waals surface area contributed by atoms with Gasteiger partial charge in [-0.1, -0.05) is 6.07 Å². The molecule has 1 aliphatic heterocycles. The molecule has 1 aromatic heterocycles. The lowest BCUT2D eigenvalue weighted by molar-refractivity contribution is 0.0945. The molecule has 1 amide bonds. The first-order chi connectivity index (χ1) is 14.2. The van der Waals surface area contributed by atoms with Crippen LogP contribution in [0.3, 0.4) is 0 Å². The molecule has 29 heavy (non-hydrogen) atoms. The molecule has 0 aliphatic carbocycles. The van der Waals surface area contributed by atoms with Gasteiger partial charge in [0.15, 0.2) is 11.5 Å². The smallest absolute Gasteiger partial charge is 0.270 e.